The van der Waals surface area contributed by atoms with Gasteiger partial charge in [-0.25, -0.2) is 9.97 Å². The maximum Gasteiger partial charge on any atom is 0.146 e. The van der Waals surface area contributed by atoms with Gasteiger partial charge in [0.05, 0.1) is 15.9 Å². The van der Waals surface area contributed by atoms with Gasteiger partial charge in [-0.05, 0) is 29.5 Å². The lowest BCUT2D eigenvalue weighted by Crippen LogP contribution is -2.05. The quantitative estimate of drug-likeness (QED) is 0.441. The van der Waals surface area contributed by atoms with Crippen molar-refractivity contribution in [3.8, 4) is 11.3 Å². The molecular weight excluding hydrogens is 375 g/mol. The molecule has 0 spiro atoms. The minimum Gasteiger partial charge on any atom is -0.381 e. The lowest BCUT2D eigenvalue weighted by molar-refractivity contribution is 0.149. The maximum absolute atomic E-state index is 6.18. The molecule has 5 heteroatoms. The Hall–Kier alpha value is -0.720. The van der Waals surface area contributed by atoms with E-state index in [1.165, 1.54) is 0 Å². The van der Waals surface area contributed by atoms with Crippen molar-refractivity contribution in [1.29, 1.82) is 0 Å². The van der Waals surface area contributed by atoms with Gasteiger partial charge in [-0.15, -0.1) is 0 Å². The molecule has 0 atom stereocenters. The molecule has 19 heavy (non-hydrogen) atoms. The van der Waals surface area contributed by atoms with Crippen molar-refractivity contribution >= 4 is 34.2 Å². The van der Waals surface area contributed by atoms with Gasteiger partial charge in [-0.2, -0.15) is 0 Å². The highest BCUT2D eigenvalue weighted by molar-refractivity contribution is 14.1. The second-order valence-corrected chi connectivity index (χ2v) is 5.34. The molecule has 0 saturated carbocycles. The Morgan fingerprint density at radius 3 is 2.63 bits per heavy atom. The fourth-order valence-electron chi connectivity index (χ4n) is 1.67. The Bertz CT molecular complexity index is 549. The molecule has 1 aromatic heterocycles. The van der Waals surface area contributed by atoms with E-state index in [1.54, 1.807) is 0 Å². The van der Waals surface area contributed by atoms with Crippen molar-refractivity contribution in [2.24, 2.45) is 0 Å². The topological polar surface area (TPSA) is 35.0 Å². The summed E-state index contributed by atoms with van der Waals surface area (Å²) in [5, 5.41) is 0.501. The number of hydrogen-bond donors (Lipinski definition) is 0. The van der Waals surface area contributed by atoms with Crippen LogP contribution in [0.5, 0.6) is 0 Å². The molecule has 100 valence electrons. The van der Waals surface area contributed by atoms with Crippen molar-refractivity contribution < 1.29 is 4.74 Å². The lowest BCUT2D eigenvalue weighted by atomic mass is 10.1. The van der Waals surface area contributed by atoms with Gasteiger partial charge in [0.2, 0.25) is 0 Å². The Labute approximate surface area is 131 Å². The molecule has 0 bridgehead atoms. The summed E-state index contributed by atoms with van der Waals surface area (Å²) < 4.78 is 6.21. The number of nitrogens with zero attached hydrogens (tertiary/aromatic N) is 2. The highest BCUT2D eigenvalue weighted by Crippen LogP contribution is 2.27. The van der Waals surface area contributed by atoms with Gasteiger partial charge in [-0.3, -0.25) is 0 Å². The first-order valence-electron chi connectivity index (χ1n) is 6.07. The van der Waals surface area contributed by atoms with E-state index in [4.69, 9.17) is 16.3 Å². The first-order chi connectivity index (χ1) is 9.22. The molecule has 0 aliphatic carbocycles. The van der Waals surface area contributed by atoms with Crippen molar-refractivity contribution in [2.45, 2.75) is 13.3 Å². The first kappa shape index (κ1) is 14.7. The molecular formula is C14H14ClIN2O. The summed E-state index contributed by atoms with van der Waals surface area (Å²) in [6, 6.07) is 10.00. The van der Waals surface area contributed by atoms with E-state index >= 15 is 0 Å². The van der Waals surface area contributed by atoms with E-state index in [9.17, 15) is 0 Å². The average Bonchev–Trinajstić information content (AvgIpc) is 2.44. The van der Waals surface area contributed by atoms with Gasteiger partial charge < -0.3 is 4.74 Å². The number of rotatable bonds is 5. The molecule has 0 aliphatic rings. The molecule has 1 heterocycles. The first-order valence-corrected chi connectivity index (χ1v) is 7.53. The van der Waals surface area contributed by atoms with Crippen LogP contribution in [-0.4, -0.2) is 23.2 Å². The van der Waals surface area contributed by atoms with Crippen LogP contribution in [0.2, 0.25) is 5.15 Å². The summed E-state index contributed by atoms with van der Waals surface area (Å²) in [6.07, 6.45) is 0.671. The van der Waals surface area contributed by atoms with Gasteiger partial charge in [0.25, 0.3) is 0 Å². The van der Waals surface area contributed by atoms with Crippen molar-refractivity contribution in [2.75, 3.05) is 13.2 Å². The number of benzene rings is 1. The second-order valence-electron chi connectivity index (χ2n) is 3.91. The van der Waals surface area contributed by atoms with Gasteiger partial charge in [0.1, 0.15) is 11.0 Å². The number of aromatic nitrogens is 2. The zero-order chi connectivity index (χ0) is 13.7. The van der Waals surface area contributed by atoms with E-state index in [2.05, 4.69) is 32.6 Å². The summed E-state index contributed by atoms with van der Waals surface area (Å²) in [5.74, 6) is 0.720. The van der Waals surface area contributed by atoms with E-state index in [0.717, 1.165) is 20.7 Å². The van der Waals surface area contributed by atoms with Crippen LogP contribution in [0.4, 0.5) is 0 Å². The van der Waals surface area contributed by atoms with E-state index in [1.807, 2.05) is 37.3 Å². The molecule has 3 nitrogen and oxygen atoms in total. The molecule has 0 saturated heterocycles. The normalized spacial score (nSPS) is 10.7. The zero-order valence-electron chi connectivity index (χ0n) is 10.6. The van der Waals surface area contributed by atoms with Gasteiger partial charge in [0.15, 0.2) is 0 Å². The predicted molar refractivity (Wildman–Crippen MR) is 85.4 cm³/mol. The minimum atomic E-state index is 0.501. The Kier molecular flexibility index (Phi) is 5.54. The Balaban J connectivity index is 2.32. The third-order valence-electron chi connectivity index (χ3n) is 2.58. The summed E-state index contributed by atoms with van der Waals surface area (Å²) in [4.78, 5) is 8.89. The average molecular weight is 389 g/mol. The number of halogens is 2. The smallest absolute Gasteiger partial charge is 0.146 e. The van der Waals surface area contributed by atoms with Crippen LogP contribution in [-0.2, 0) is 11.2 Å². The van der Waals surface area contributed by atoms with Crippen molar-refractivity contribution in [3.63, 3.8) is 0 Å². The van der Waals surface area contributed by atoms with E-state index in [0.29, 0.717) is 24.8 Å². The van der Waals surface area contributed by atoms with Crippen LogP contribution in [0.15, 0.2) is 30.3 Å². The predicted octanol–water partition coefficient (Wildman–Crippen LogP) is 3.98. The third kappa shape index (κ3) is 3.87. The lowest BCUT2D eigenvalue weighted by Gasteiger charge is -2.08. The zero-order valence-corrected chi connectivity index (χ0v) is 13.5. The van der Waals surface area contributed by atoms with Crippen LogP contribution < -0.4 is 0 Å². The molecule has 0 radical (unpaired) electrons. The largest absolute Gasteiger partial charge is 0.381 e. The summed E-state index contributed by atoms with van der Waals surface area (Å²) in [7, 11) is 0. The van der Waals surface area contributed by atoms with Crippen LogP contribution >= 0.6 is 34.2 Å². The molecule has 0 aliphatic heterocycles. The fourth-order valence-corrected chi connectivity index (χ4v) is 2.41. The van der Waals surface area contributed by atoms with Gasteiger partial charge >= 0.3 is 0 Å². The molecule has 1 aromatic carbocycles. The highest BCUT2D eigenvalue weighted by atomic mass is 127. The highest BCUT2D eigenvalue weighted by Gasteiger charge is 2.12. The summed E-state index contributed by atoms with van der Waals surface area (Å²) >= 11 is 8.36. The van der Waals surface area contributed by atoms with E-state index < -0.39 is 0 Å². The van der Waals surface area contributed by atoms with Crippen LogP contribution in [0, 0.1) is 3.57 Å². The standard InChI is InChI=1S/C14H14ClIN2O/c1-2-19-9-8-11-17-13(12(16)14(15)18-11)10-6-4-3-5-7-10/h3-7H,2,8-9H2,1H3. The number of ether oxygens (including phenoxy) is 1. The molecule has 0 unspecified atom stereocenters. The van der Waals surface area contributed by atoms with E-state index in [-0.39, 0.29) is 0 Å². The van der Waals surface area contributed by atoms with Crippen molar-refractivity contribution in [3.05, 3.63) is 44.9 Å². The van der Waals surface area contributed by atoms with Crippen LogP contribution in [0.25, 0.3) is 11.3 Å². The third-order valence-corrected chi connectivity index (χ3v) is 4.19. The molecule has 0 amide bonds. The Morgan fingerprint density at radius 2 is 1.95 bits per heavy atom. The molecule has 2 aromatic rings. The second kappa shape index (κ2) is 7.17. The van der Waals surface area contributed by atoms with Crippen LogP contribution in [0.1, 0.15) is 12.7 Å². The fraction of sp³-hybridized carbons (Fsp3) is 0.286. The van der Waals surface area contributed by atoms with Crippen LogP contribution in [0.3, 0.4) is 0 Å². The molecule has 0 N–H and O–H groups in total. The van der Waals surface area contributed by atoms with Gasteiger partial charge in [-0.1, -0.05) is 41.9 Å². The Morgan fingerprint density at radius 1 is 1.21 bits per heavy atom. The monoisotopic (exact) mass is 388 g/mol. The minimum absolute atomic E-state index is 0.501. The number of hydrogen-bond acceptors (Lipinski definition) is 3. The summed E-state index contributed by atoms with van der Waals surface area (Å²) in [6.45, 7) is 3.28. The maximum atomic E-state index is 6.18. The van der Waals surface area contributed by atoms with Crippen molar-refractivity contribution in [1.82, 2.24) is 9.97 Å². The van der Waals surface area contributed by atoms with Gasteiger partial charge in [0, 0.05) is 18.6 Å². The summed E-state index contributed by atoms with van der Waals surface area (Å²) in [5.41, 5.74) is 1.93. The SMILES string of the molecule is CCOCCc1nc(Cl)c(I)c(-c2ccccc2)n1. The molecule has 2 rings (SSSR count). The molecule has 0 fully saturated rings.